The summed E-state index contributed by atoms with van der Waals surface area (Å²) in [6.45, 7) is 4.51. The molecule has 0 radical (unpaired) electrons. The van der Waals surface area contributed by atoms with Gasteiger partial charge >= 0.3 is 0 Å². The third kappa shape index (κ3) is 2.49. The van der Waals surface area contributed by atoms with Crippen LogP contribution in [0.5, 0.6) is 0 Å². The maximum atomic E-state index is 10.7. The molecule has 1 heterocycles. The van der Waals surface area contributed by atoms with Crippen molar-refractivity contribution in [1.82, 2.24) is 0 Å². The predicted molar refractivity (Wildman–Crippen MR) is 64.0 cm³/mol. The molecule has 1 saturated carbocycles. The van der Waals surface area contributed by atoms with Crippen molar-refractivity contribution >= 4 is 0 Å². The van der Waals surface area contributed by atoms with E-state index in [1.807, 2.05) is 6.07 Å². The van der Waals surface area contributed by atoms with Crippen LogP contribution in [0.2, 0.25) is 0 Å². The highest BCUT2D eigenvalue weighted by Gasteiger charge is 2.36. The van der Waals surface area contributed by atoms with E-state index in [4.69, 9.17) is 4.42 Å². The zero-order valence-corrected chi connectivity index (χ0v) is 10.3. The molecule has 2 heteroatoms. The van der Waals surface area contributed by atoms with E-state index in [1.165, 1.54) is 12.8 Å². The Balaban J connectivity index is 2.06. The molecule has 0 spiro atoms. The van der Waals surface area contributed by atoms with Crippen LogP contribution in [0.15, 0.2) is 23.0 Å². The van der Waals surface area contributed by atoms with Crippen molar-refractivity contribution in [2.45, 2.75) is 51.6 Å². The Morgan fingerprint density at radius 2 is 2.38 bits per heavy atom. The number of hydrogen-bond donors (Lipinski definition) is 1. The Hall–Kier alpha value is -0.760. The second-order valence-corrected chi connectivity index (χ2v) is 5.64. The van der Waals surface area contributed by atoms with Crippen LogP contribution >= 0.6 is 0 Å². The molecule has 1 aromatic rings. The van der Waals surface area contributed by atoms with Crippen molar-refractivity contribution in [3.05, 3.63) is 24.2 Å². The number of aliphatic hydroxyl groups is 1. The standard InChI is InChI=1S/C14H22O2/c1-11(2)8-12-4-3-6-14(15,9-12)13-5-7-16-10-13/h5,7,10-12,15H,3-4,6,8-9H2,1-2H3. The molecule has 2 rings (SSSR count). The summed E-state index contributed by atoms with van der Waals surface area (Å²) in [4.78, 5) is 0. The van der Waals surface area contributed by atoms with Crippen LogP contribution in [-0.2, 0) is 5.60 Å². The maximum absolute atomic E-state index is 10.7. The molecule has 0 bridgehead atoms. The van der Waals surface area contributed by atoms with Crippen LogP contribution in [0.25, 0.3) is 0 Å². The first kappa shape index (κ1) is 11.7. The van der Waals surface area contributed by atoms with Crippen molar-refractivity contribution in [2.24, 2.45) is 11.8 Å². The largest absolute Gasteiger partial charge is 0.472 e. The Labute approximate surface area is 97.7 Å². The lowest BCUT2D eigenvalue weighted by Gasteiger charge is -2.37. The van der Waals surface area contributed by atoms with Crippen molar-refractivity contribution in [3.63, 3.8) is 0 Å². The van der Waals surface area contributed by atoms with Gasteiger partial charge in [-0.15, -0.1) is 0 Å². The van der Waals surface area contributed by atoms with E-state index in [0.717, 1.165) is 30.7 Å². The third-order valence-electron chi connectivity index (χ3n) is 3.69. The van der Waals surface area contributed by atoms with Crippen molar-refractivity contribution in [3.8, 4) is 0 Å². The molecule has 16 heavy (non-hydrogen) atoms. The molecule has 0 amide bonds. The van der Waals surface area contributed by atoms with Crippen LogP contribution in [-0.4, -0.2) is 5.11 Å². The van der Waals surface area contributed by atoms with Gasteiger partial charge in [-0.3, -0.25) is 0 Å². The Morgan fingerprint density at radius 1 is 1.56 bits per heavy atom. The zero-order valence-electron chi connectivity index (χ0n) is 10.3. The minimum Gasteiger partial charge on any atom is -0.472 e. The van der Waals surface area contributed by atoms with Crippen LogP contribution in [0.4, 0.5) is 0 Å². The monoisotopic (exact) mass is 222 g/mol. The summed E-state index contributed by atoms with van der Waals surface area (Å²) in [5, 5.41) is 10.7. The van der Waals surface area contributed by atoms with Crippen LogP contribution in [0.1, 0.15) is 51.5 Å². The summed E-state index contributed by atoms with van der Waals surface area (Å²) in [7, 11) is 0. The molecular weight excluding hydrogens is 200 g/mol. The molecule has 1 N–H and O–H groups in total. The summed E-state index contributed by atoms with van der Waals surface area (Å²) >= 11 is 0. The lowest BCUT2D eigenvalue weighted by molar-refractivity contribution is -0.0248. The first-order valence-electron chi connectivity index (χ1n) is 6.35. The van der Waals surface area contributed by atoms with E-state index in [-0.39, 0.29) is 0 Å². The Bertz CT molecular complexity index is 315. The molecule has 1 aromatic heterocycles. The fourth-order valence-electron chi connectivity index (χ4n) is 3.02. The molecule has 1 fully saturated rings. The highest BCUT2D eigenvalue weighted by atomic mass is 16.3. The maximum Gasteiger partial charge on any atom is 0.0963 e. The molecule has 2 unspecified atom stereocenters. The summed E-state index contributed by atoms with van der Waals surface area (Å²) in [5.41, 5.74) is 0.325. The van der Waals surface area contributed by atoms with Gasteiger partial charge in [-0.2, -0.15) is 0 Å². The molecule has 0 aromatic carbocycles. The van der Waals surface area contributed by atoms with Crippen molar-refractivity contribution in [2.75, 3.05) is 0 Å². The second-order valence-electron chi connectivity index (χ2n) is 5.64. The number of furan rings is 1. The van der Waals surface area contributed by atoms with Gasteiger partial charge in [0.15, 0.2) is 0 Å². The fraction of sp³-hybridized carbons (Fsp3) is 0.714. The summed E-state index contributed by atoms with van der Waals surface area (Å²) in [6, 6.07) is 1.90. The quantitative estimate of drug-likeness (QED) is 0.845. The smallest absolute Gasteiger partial charge is 0.0963 e. The molecule has 2 nitrogen and oxygen atoms in total. The van der Waals surface area contributed by atoms with E-state index in [2.05, 4.69) is 13.8 Å². The van der Waals surface area contributed by atoms with Gasteiger partial charge < -0.3 is 9.52 Å². The van der Waals surface area contributed by atoms with E-state index < -0.39 is 5.60 Å². The number of hydrogen-bond acceptors (Lipinski definition) is 2. The van der Waals surface area contributed by atoms with Crippen LogP contribution < -0.4 is 0 Å². The highest BCUT2D eigenvalue weighted by Crippen LogP contribution is 2.42. The van der Waals surface area contributed by atoms with Gasteiger partial charge in [0.2, 0.25) is 0 Å². The molecule has 1 aliphatic rings. The first-order valence-corrected chi connectivity index (χ1v) is 6.35. The summed E-state index contributed by atoms with van der Waals surface area (Å²) in [5.74, 6) is 1.38. The topological polar surface area (TPSA) is 33.4 Å². The predicted octanol–water partition coefficient (Wildman–Crippen LogP) is 3.70. The first-order chi connectivity index (χ1) is 7.60. The van der Waals surface area contributed by atoms with E-state index in [0.29, 0.717) is 5.92 Å². The molecule has 2 atom stereocenters. The highest BCUT2D eigenvalue weighted by molar-refractivity contribution is 5.17. The Kier molecular flexibility index (Phi) is 3.38. The van der Waals surface area contributed by atoms with Gasteiger partial charge in [0.05, 0.1) is 18.1 Å². The molecule has 0 aliphatic heterocycles. The van der Waals surface area contributed by atoms with E-state index in [9.17, 15) is 5.11 Å². The molecule has 90 valence electrons. The van der Waals surface area contributed by atoms with Gasteiger partial charge in [-0.25, -0.2) is 0 Å². The summed E-state index contributed by atoms with van der Waals surface area (Å²) in [6.07, 6.45) is 8.72. The average molecular weight is 222 g/mol. The molecule has 0 saturated heterocycles. The number of rotatable bonds is 3. The second kappa shape index (κ2) is 4.62. The Morgan fingerprint density at radius 3 is 3.00 bits per heavy atom. The van der Waals surface area contributed by atoms with E-state index in [1.54, 1.807) is 12.5 Å². The van der Waals surface area contributed by atoms with Crippen molar-refractivity contribution < 1.29 is 9.52 Å². The average Bonchev–Trinajstić information content (AvgIpc) is 2.69. The normalized spacial score (nSPS) is 30.9. The minimum absolute atomic E-state index is 0.634. The van der Waals surface area contributed by atoms with Crippen LogP contribution in [0, 0.1) is 11.8 Å². The summed E-state index contributed by atoms with van der Waals surface area (Å²) < 4.78 is 5.09. The van der Waals surface area contributed by atoms with Gasteiger partial charge in [-0.1, -0.05) is 20.3 Å². The van der Waals surface area contributed by atoms with Gasteiger partial charge in [0.25, 0.3) is 0 Å². The molecular formula is C14H22O2. The lowest BCUT2D eigenvalue weighted by Crippen LogP contribution is -2.32. The lowest BCUT2D eigenvalue weighted by atomic mass is 9.73. The third-order valence-corrected chi connectivity index (χ3v) is 3.69. The molecule has 1 aliphatic carbocycles. The van der Waals surface area contributed by atoms with E-state index >= 15 is 0 Å². The van der Waals surface area contributed by atoms with Gasteiger partial charge in [-0.05, 0) is 43.6 Å². The van der Waals surface area contributed by atoms with Gasteiger partial charge in [0.1, 0.15) is 0 Å². The minimum atomic E-state index is -0.634. The zero-order chi connectivity index (χ0) is 11.6. The van der Waals surface area contributed by atoms with Crippen LogP contribution in [0.3, 0.4) is 0 Å². The van der Waals surface area contributed by atoms with Crippen molar-refractivity contribution in [1.29, 1.82) is 0 Å². The van der Waals surface area contributed by atoms with Gasteiger partial charge in [0, 0.05) is 5.56 Å². The fourth-order valence-corrected chi connectivity index (χ4v) is 3.02. The SMILES string of the molecule is CC(C)CC1CCCC(O)(c2ccoc2)C1.